The van der Waals surface area contributed by atoms with Gasteiger partial charge >= 0.3 is 0 Å². The first-order valence-electron chi connectivity index (χ1n) is 9.15. The topological polar surface area (TPSA) is 77.3 Å². The molecule has 0 saturated heterocycles. The number of non-ortho nitro benzene ring substituents is 1. The molecule has 0 aliphatic rings. The number of nitro benzene ring substituents is 1. The zero-order chi connectivity index (χ0) is 21.7. The predicted octanol–water partition coefficient (Wildman–Crippen LogP) is 6.75. The Kier molecular flexibility index (Phi) is 7.29. The maximum absolute atomic E-state index is 12.9. The van der Waals surface area contributed by atoms with Crippen LogP contribution >= 0.6 is 31.9 Å². The second-order valence-corrected chi connectivity index (χ2v) is 8.65. The van der Waals surface area contributed by atoms with Gasteiger partial charge in [0.15, 0.2) is 11.6 Å². The van der Waals surface area contributed by atoms with Crippen LogP contribution in [0.25, 0.3) is 0 Å². The first-order chi connectivity index (χ1) is 14.3. The van der Waals surface area contributed by atoms with E-state index in [4.69, 9.17) is 0 Å². The lowest BCUT2D eigenvalue weighted by molar-refractivity contribution is -0.384. The number of halogens is 2. The van der Waals surface area contributed by atoms with Crippen LogP contribution < -0.4 is 0 Å². The van der Waals surface area contributed by atoms with Gasteiger partial charge in [0, 0.05) is 45.0 Å². The van der Waals surface area contributed by atoms with Crippen molar-refractivity contribution in [2.24, 2.45) is 0 Å². The van der Waals surface area contributed by atoms with Crippen LogP contribution in [0.15, 0.2) is 81.7 Å². The summed E-state index contributed by atoms with van der Waals surface area (Å²) in [5.74, 6) is -0.720. The van der Waals surface area contributed by atoms with E-state index in [1.165, 1.54) is 12.1 Å². The van der Waals surface area contributed by atoms with E-state index in [-0.39, 0.29) is 30.1 Å². The molecule has 0 unspecified atom stereocenters. The van der Waals surface area contributed by atoms with Gasteiger partial charge in [-0.3, -0.25) is 19.7 Å². The lowest BCUT2D eigenvalue weighted by atomic mass is 9.86. The number of hydrogen-bond donors (Lipinski definition) is 0. The van der Waals surface area contributed by atoms with Gasteiger partial charge < -0.3 is 0 Å². The molecule has 0 radical (unpaired) electrons. The van der Waals surface area contributed by atoms with Crippen molar-refractivity contribution in [1.82, 2.24) is 0 Å². The van der Waals surface area contributed by atoms with Gasteiger partial charge in [0.25, 0.3) is 5.69 Å². The van der Waals surface area contributed by atoms with Crippen molar-refractivity contribution in [2.45, 2.75) is 18.8 Å². The Balaban J connectivity index is 1.89. The first-order valence-corrected chi connectivity index (χ1v) is 10.7. The van der Waals surface area contributed by atoms with Crippen LogP contribution in [0.5, 0.6) is 0 Å². The molecule has 0 amide bonds. The summed E-state index contributed by atoms with van der Waals surface area (Å²) in [7, 11) is 0. The Morgan fingerprint density at radius 1 is 0.800 bits per heavy atom. The van der Waals surface area contributed by atoms with E-state index in [9.17, 15) is 19.7 Å². The summed E-state index contributed by atoms with van der Waals surface area (Å²) in [4.78, 5) is 36.4. The molecule has 0 saturated carbocycles. The second kappa shape index (κ2) is 9.91. The van der Waals surface area contributed by atoms with Crippen LogP contribution in [0, 0.1) is 10.1 Å². The number of hydrogen-bond acceptors (Lipinski definition) is 4. The number of nitro groups is 1. The summed E-state index contributed by atoms with van der Waals surface area (Å²) in [6.45, 7) is 0. The maximum Gasteiger partial charge on any atom is 0.269 e. The molecule has 0 spiro atoms. The van der Waals surface area contributed by atoms with Crippen molar-refractivity contribution in [1.29, 1.82) is 0 Å². The molecule has 30 heavy (non-hydrogen) atoms. The third-order valence-electron chi connectivity index (χ3n) is 4.75. The minimum atomic E-state index is -0.479. The Morgan fingerprint density at radius 3 is 1.70 bits per heavy atom. The standard InChI is InChI=1S/C23H17Br2NO4/c24-19-8-4-15(5-9-19)22(27)13-18(17-2-1-3-21(12-17)26(29)30)14-23(28)16-6-10-20(25)11-7-16/h1-12,18H,13-14H2. The number of rotatable bonds is 8. The predicted molar refractivity (Wildman–Crippen MR) is 122 cm³/mol. The van der Waals surface area contributed by atoms with Crippen molar-refractivity contribution in [3.63, 3.8) is 0 Å². The monoisotopic (exact) mass is 529 g/mol. The molecule has 3 aromatic carbocycles. The SMILES string of the molecule is O=C(CC(CC(=O)c1ccc(Br)cc1)c1cccc([N+](=O)[O-])c1)c1ccc(Br)cc1. The molecule has 0 aliphatic heterocycles. The highest BCUT2D eigenvalue weighted by Gasteiger charge is 2.23. The van der Waals surface area contributed by atoms with Gasteiger partial charge in [-0.15, -0.1) is 0 Å². The fourth-order valence-corrected chi connectivity index (χ4v) is 3.68. The molecule has 152 valence electrons. The van der Waals surface area contributed by atoms with Crippen LogP contribution in [0.3, 0.4) is 0 Å². The van der Waals surface area contributed by atoms with Crippen LogP contribution in [-0.2, 0) is 0 Å². The van der Waals surface area contributed by atoms with Crippen molar-refractivity contribution in [2.75, 3.05) is 0 Å². The van der Waals surface area contributed by atoms with Gasteiger partial charge in [0.05, 0.1) is 4.92 Å². The first kappa shape index (κ1) is 22.1. The number of carbonyl (C=O) groups is 2. The molecule has 3 aromatic rings. The minimum absolute atomic E-state index is 0.0651. The normalized spacial score (nSPS) is 10.8. The van der Waals surface area contributed by atoms with Crippen molar-refractivity contribution in [3.05, 3.63) is 109 Å². The summed E-state index contributed by atoms with van der Waals surface area (Å²) in [6.07, 6.45) is 0.149. The Hall–Kier alpha value is -2.64. The van der Waals surface area contributed by atoms with Crippen LogP contribution in [0.4, 0.5) is 5.69 Å². The van der Waals surface area contributed by atoms with E-state index in [1.54, 1.807) is 60.7 Å². The van der Waals surface area contributed by atoms with E-state index in [0.717, 1.165) is 8.95 Å². The molecule has 5 nitrogen and oxygen atoms in total. The highest BCUT2D eigenvalue weighted by Crippen LogP contribution is 2.30. The van der Waals surface area contributed by atoms with Crippen molar-refractivity contribution >= 4 is 49.1 Å². The molecule has 3 rings (SSSR count). The van der Waals surface area contributed by atoms with Crippen molar-refractivity contribution < 1.29 is 14.5 Å². The zero-order valence-electron chi connectivity index (χ0n) is 15.8. The molecule has 0 aliphatic carbocycles. The molecule has 0 atom stereocenters. The summed E-state index contributed by atoms with van der Waals surface area (Å²) in [5, 5.41) is 11.2. The van der Waals surface area contributed by atoms with E-state index < -0.39 is 10.8 Å². The van der Waals surface area contributed by atoms with E-state index in [2.05, 4.69) is 31.9 Å². The van der Waals surface area contributed by atoms with E-state index in [0.29, 0.717) is 16.7 Å². The molecule has 0 bridgehead atoms. The highest BCUT2D eigenvalue weighted by atomic mass is 79.9. The third-order valence-corrected chi connectivity index (χ3v) is 5.81. The minimum Gasteiger partial charge on any atom is -0.294 e. The molecule has 0 aromatic heterocycles. The molecule has 7 heteroatoms. The summed E-state index contributed by atoms with van der Waals surface area (Å²) in [6, 6.07) is 20.1. The molecule has 0 fully saturated rings. The fourth-order valence-electron chi connectivity index (χ4n) is 3.16. The Bertz CT molecular complexity index is 1020. The van der Waals surface area contributed by atoms with Gasteiger partial charge in [0.1, 0.15) is 0 Å². The Morgan fingerprint density at radius 2 is 1.27 bits per heavy atom. The summed E-state index contributed by atoms with van der Waals surface area (Å²) in [5.41, 5.74) is 1.60. The van der Waals surface area contributed by atoms with Crippen LogP contribution in [-0.4, -0.2) is 16.5 Å². The average molecular weight is 531 g/mol. The number of carbonyl (C=O) groups excluding carboxylic acids is 2. The van der Waals surface area contributed by atoms with Crippen molar-refractivity contribution in [3.8, 4) is 0 Å². The van der Waals surface area contributed by atoms with Crippen LogP contribution in [0.2, 0.25) is 0 Å². The van der Waals surface area contributed by atoms with Crippen LogP contribution in [0.1, 0.15) is 45.0 Å². The van der Waals surface area contributed by atoms with E-state index in [1.807, 2.05) is 0 Å². The molecule has 0 heterocycles. The maximum atomic E-state index is 12.9. The second-order valence-electron chi connectivity index (χ2n) is 6.82. The largest absolute Gasteiger partial charge is 0.294 e. The smallest absolute Gasteiger partial charge is 0.269 e. The summed E-state index contributed by atoms with van der Waals surface area (Å²) >= 11 is 6.69. The number of Topliss-reactive ketones (excluding diaryl/α,β-unsaturated/α-hetero) is 2. The fraction of sp³-hybridized carbons (Fsp3) is 0.130. The molecular formula is C23H17Br2NO4. The highest BCUT2D eigenvalue weighted by molar-refractivity contribution is 9.10. The summed E-state index contributed by atoms with van der Waals surface area (Å²) < 4.78 is 1.72. The van der Waals surface area contributed by atoms with Gasteiger partial charge in [-0.2, -0.15) is 0 Å². The van der Waals surface area contributed by atoms with E-state index >= 15 is 0 Å². The number of nitrogens with zero attached hydrogens (tertiary/aromatic N) is 1. The van der Waals surface area contributed by atoms with Gasteiger partial charge in [-0.05, 0) is 35.7 Å². The average Bonchev–Trinajstić information content (AvgIpc) is 2.74. The molecule has 0 N–H and O–H groups in total. The van der Waals surface area contributed by atoms with Gasteiger partial charge in [-0.25, -0.2) is 0 Å². The number of benzene rings is 3. The number of ketones is 2. The van der Waals surface area contributed by atoms with Gasteiger partial charge in [0.2, 0.25) is 0 Å². The quantitative estimate of drug-likeness (QED) is 0.183. The zero-order valence-corrected chi connectivity index (χ0v) is 18.9. The van der Waals surface area contributed by atoms with Gasteiger partial charge in [-0.1, -0.05) is 68.3 Å². The third kappa shape index (κ3) is 5.70. The lowest BCUT2D eigenvalue weighted by Crippen LogP contribution is -2.13. The lowest BCUT2D eigenvalue weighted by Gasteiger charge is -2.16. The Labute approximate surface area is 190 Å². The molecular weight excluding hydrogens is 514 g/mol.